The number of nitrogens with zero attached hydrogens (tertiary/aromatic N) is 1. The van der Waals surface area contributed by atoms with Crippen molar-refractivity contribution < 1.29 is 14.0 Å². The van der Waals surface area contributed by atoms with E-state index < -0.39 is 0 Å². The Bertz CT molecular complexity index is 556. The molecule has 0 spiro atoms. The van der Waals surface area contributed by atoms with Gasteiger partial charge in [0.25, 0.3) is 0 Å². The summed E-state index contributed by atoms with van der Waals surface area (Å²) < 4.78 is 13.3. The molecule has 2 heterocycles. The number of likely N-dealkylation sites (N-methyl/N-ethyl adjacent to an activating group) is 1. The molecule has 0 N–H and O–H groups in total. The van der Waals surface area contributed by atoms with E-state index in [4.69, 9.17) is 9.47 Å². The van der Waals surface area contributed by atoms with Gasteiger partial charge in [0.1, 0.15) is 7.05 Å². The Kier molecular flexibility index (Phi) is 2.11. The third kappa shape index (κ3) is 1.27. The van der Waals surface area contributed by atoms with Crippen molar-refractivity contribution in [3.05, 3.63) is 23.3 Å². The van der Waals surface area contributed by atoms with E-state index in [1.165, 1.54) is 11.1 Å². The quantitative estimate of drug-likeness (QED) is 0.656. The summed E-state index contributed by atoms with van der Waals surface area (Å²) in [5, 5.41) is 0. The molecule has 0 amide bonds. The maximum atomic E-state index is 5.50. The number of fused-ring (bicyclic) bond motifs is 2. The zero-order valence-corrected chi connectivity index (χ0v) is 11.7. The first-order valence-electron chi connectivity index (χ1n) is 6.36. The van der Waals surface area contributed by atoms with Crippen LogP contribution in [-0.4, -0.2) is 30.2 Å². The van der Waals surface area contributed by atoms with E-state index in [0.717, 1.165) is 11.5 Å². The Balaban J connectivity index is 2.27. The van der Waals surface area contributed by atoms with E-state index >= 15 is 0 Å². The van der Waals surface area contributed by atoms with Gasteiger partial charge in [0, 0.05) is 19.4 Å². The van der Waals surface area contributed by atoms with Gasteiger partial charge in [0.15, 0.2) is 23.3 Å². The van der Waals surface area contributed by atoms with Gasteiger partial charge < -0.3 is 9.47 Å². The van der Waals surface area contributed by atoms with Crippen molar-refractivity contribution in [2.75, 3.05) is 13.8 Å². The number of ether oxygens (including phenoxy) is 2. The van der Waals surface area contributed by atoms with Crippen LogP contribution in [0.1, 0.15) is 38.8 Å². The molecule has 0 bridgehead atoms. The predicted octanol–water partition coefficient (Wildman–Crippen LogP) is 2.55. The molecule has 3 heteroatoms. The Morgan fingerprint density at radius 1 is 1.06 bits per heavy atom. The van der Waals surface area contributed by atoms with Crippen LogP contribution in [0.5, 0.6) is 11.5 Å². The second kappa shape index (κ2) is 3.28. The van der Waals surface area contributed by atoms with Crippen LogP contribution >= 0.6 is 0 Å². The van der Waals surface area contributed by atoms with Gasteiger partial charge in [-0.15, -0.1) is 0 Å². The molecular weight excluding hydrogens is 226 g/mol. The normalized spacial score (nSPS) is 22.4. The minimum Gasteiger partial charge on any atom is -0.454 e. The zero-order valence-electron chi connectivity index (χ0n) is 11.7. The van der Waals surface area contributed by atoms with Crippen LogP contribution in [0.25, 0.3) is 0 Å². The summed E-state index contributed by atoms with van der Waals surface area (Å²) in [5.74, 6) is 1.73. The average Bonchev–Trinajstić information content (AvgIpc) is 2.72. The molecule has 3 nitrogen and oxygen atoms in total. The van der Waals surface area contributed by atoms with E-state index in [1.54, 1.807) is 0 Å². The molecule has 2 aliphatic rings. The SMILES string of the molecule is C[N+]1=Cc2cc3c(cc2C(C)(C)C1(C)C)OCO3. The summed E-state index contributed by atoms with van der Waals surface area (Å²) in [6.07, 6.45) is 2.20. The predicted molar refractivity (Wildman–Crippen MR) is 71.0 cm³/mol. The van der Waals surface area contributed by atoms with E-state index in [2.05, 4.69) is 57.7 Å². The smallest absolute Gasteiger partial charge is 0.231 e. The Hall–Kier alpha value is -1.51. The molecule has 1 aromatic carbocycles. The van der Waals surface area contributed by atoms with Gasteiger partial charge >= 0.3 is 0 Å². The summed E-state index contributed by atoms with van der Waals surface area (Å²) >= 11 is 0. The lowest BCUT2D eigenvalue weighted by Crippen LogP contribution is -2.53. The molecule has 96 valence electrons. The van der Waals surface area contributed by atoms with Gasteiger partial charge in [-0.1, -0.05) is 0 Å². The summed E-state index contributed by atoms with van der Waals surface area (Å²) in [6.45, 7) is 9.46. The van der Waals surface area contributed by atoms with E-state index in [1.807, 2.05) is 0 Å². The minimum atomic E-state index is 0.0484. The number of rotatable bonds is 0. The molecule has 0 atom stereocenters. The van der Waals surface area contributed by atoms with Crippen molar-refractivity contribution in [1.82, 2.24) is 0 Å². The first-order chi connectivity index (χ1) is 8.34. The average molecular weight is 246 g/mol. The lowest BCUT2D eigenvalue weighted by molar-refractivity contribution is -0.585. The molecule has 3 rings (SSSR count). The van der Waals surface area contributed by atoms with Crippen molar-refractivity contribution in [2.45, 2.75) is 38.6 Å². The van der Waals surface area contributed by atoms with Crippen LogP contribution in [0.4, 0.5) is 0 Å². The minimum absolute atomic E-state index is 0.0484. The largest absolute Gasteiger partial charge is 0.454 e. The lowest BCUT2D eigenvalue weighted by Gasteiger charge is -2.41. The summed E-state index contributed by atoms with van der Waals surface area (Å²) in [5.41, 5.74) is 2.67. The maximum Gasteiger partial charge on any atom is 0.231 e. The van der Waals surface area contributed by atoms with Crippen LogP contribution < -0.4 is 9.47 Å². The monoisotopic (exact) mass is 246 g/mol. The second-order valence-corrected chi connectivity index (χ2v) is 6.22. The van der Waals surface area contributed by atoms with Gasteiger partial charge in [-0.05, 0) is 31.5 Å². The maximum absolute atomic E-state index is 5.50. The molecule has 0 fully saturated rings. The molecule has 0 saturated heterocycles. The molecule has 0 aromatic heterocycles. The van der Waals surface area contributed by atoms with Crippen LogP contribution in [0.2, 0.25) is 0 Å². The Morgan fingerprint density at radius 3 is 2.33 bits per heavy atom. The third-order valence-corrected chi connectivity index (χ3v) is 4.96. The number of benzene rings is 1. The molecule has 2 aliphatic heterocycles. The van der Waals surface area contributed by atoms with Crippen LogP contribution in [-0.2, 0) is 5.41 Å². The third-order valence-electron chi connectivity index (χ3n) is 4.96. The van der Waals surface area contributed by atoms with E-state index in [9.17, 15) is 0 Å². The highest BCUT2D eigenvalue weighted by molar-refractivity contribution is 5.82. The highest BCUT2D eigenvalue weighted by Crippen LogP contribution is 2.45. The van der Waals surface area contributed by atoms with Crippen molar-refractivity contribution in [3.8, 4) is 11.5 Å². The molecule has 18 heavy (non-hydrogen) atoms. The topological polar surface area (TPSA) is 21.5 Å². The molecule has 0 radical (unpaired) electrons. The first kappa shape index (κ1) is 11.6. The number of hydrogen-bond donors (Lipinski definition) is 0. The van der Waals surface area contributed by atoms with Crippen molar-refractivity contribution in [2.24, 2.45) is 0 Å². The first-order valence-corrected chi connectivity index (χ1v) is 6.36. The molecule has 0 unspecified atom stereocenters. The van der Waals surface area contributed by atoms with E-state index in [0.29, 0.717) is 6.79 Å². The Morgan fingerprint density at radius 2 is 1.67 bits per heavy atom. The second-order valence-electron chi connectivity index (χ2n) is 6.22. The molecular formula is C15H20NO2+. The van der Waals surface area contributed by atoms with E-state index in [-0.39, 0.29) is 11.0 Å². The summed E-state index contributed by atoms with van der Waals surface area (Å²) in [4.78, 5) is 0. The van der Waals surface area contributed by atoms with Gasteiger partial charge in [-0.25, -0.2) is 4.58 Å². The fourth-order valence-corrected chi connectivity index (χ4v) is 2.75. The highest BCUT2D eigenvalue weighted by Gasteiger charge is 2.50. The van der Waals surface area contributed by atoms with Crippen molar-refractivity contribution in [3.63, 3.8) is 0 Å². The van der Waals surface area contributed by atoms with Crippen molar-refractivity contribution >= 4 is 6.21 Å². The molecule has 0 aliphatic carbocycles. The van der Waals surface area contributed by atoms with Crippen LogP contribution in [0.3, 0.4) is 0 Å². The highest BCUT2D eigenvalue weighted by atomic mass is 16.7. The lowest BCUT2D eigenvalue weighted by atomic mass is 9.66. The summed E-state index contributed by atoms with van der Waals surface area (Å²) in [6, 6.07) is 4.23. The van der Waals surface area contributed by atoms with Gasteiger partial charge in [0.05, 0.1) is 5.41 Å². The number of hydrogen-bond acceptors (Lipinski definition) is 2. The van der Waals surface area contributed by atoms with Crippen molar-refractivity contribution in [1.29, 1.82) is 0 Å². The van der Waals surface area contributed by atoms with Crippen LogP contribution in [0.15, 0.2) is 12.1 Å². The molecule has 1 aromatic rings. The van der Waals surface area contributed by atoms with Gasteiger partial charge in [-0.2, -0.15) is 0 Å². The van der Waals surface area contributed by atoms with Crippen LogP contribution in [0, 0.1) is 0 Å². The standard InChI is InChI=1S/C15H20NO2/c1-14(2)11-7-13-12(17-9-18-13)6-10(11)8-16(5)15(14,3)4/h6-8H,9H2,1-5H3/q+1. The zero-order chi connectivity index (χ0) is 13.1. The van der Waals surface area contributed by atoms with Gasteiger partial charge in [-0.3, -0.25) is 0 Å². The summed E-state index contributed by atoms with van der Waals surface area (Å²) in [7, 11) is 2.13. The fraction of sp³-hybridized carbons (Fsp3) is 0.533. The van der Waals surface area contributed by atoms with Gasteiger partial charge in [0.2, 0.25) is 6.79 Å². The Labute approximate surface area is 108 Å². The fourth-order valence-electron chi connectivity index (χ4n) is 2.75. The molecule has 0 saturated carbocycles.